The van der Waals surface area contributed by atoms with Crippen LogP contribution in [0.5, 0.6) is 0 Å². The van der Waals surface area contributed by atoms with Crippen LogP contribution in [0, 0.1) is 11.3 Å². The molecule has 5 aliphatic rings. The van der Waals surface area contributed by atoms with Crippen molar-refractivity contribution in [1.29, 1.82) is 0 Å². The van der Waals surface area contributed by atoms with E-state index in [1.165, 1.54) is 34.1 Å². The van der Waals surface area contributed by atoms with Gasteiger partial charge in [-0.1, -0.05) is 33.8 Å². The first-order valence-corrected chi connectivity index (χ1v) is 27.3. The standard InChI is InChI=1S/C54H77N11O6S/c1-10-64-45-16-13-35-26-39(45)41(49(64)40-27-38(30-56-47(40)34(4)70-9)62-24-22-61(23-25-62)37-14-15-37)29-54(5,6)32-71-52(68)42-12-11-19-65(59-42)51(67)43(28-46-57-44(35)31-72-46)58-50(66)48(33(2)3)60(8)53(69)63-20-17-36(55-7)18-21-63/h13,16,26-27,30-31,33-34,36-37,42-43,48,55,59H,10-12,14-15,17-25,28-29,32H2,1-9H3,(H,58,66)/t34-,42-,43-,48-/m0/s1. The number of carbonyl (C=O) groups is 4. The molecule has 6 bridgehead atoms. The molecule has 4 amide bonds. The number of amides is 4. The number of nitrogens with one attached hydrogen (secondary N) is 3. The normalized spacial score (nSPS) is 22.4. The number of nitrogens with zero attached hydrogens (tertiary/aromatic N) is 8. The Hall–Kier alpha value is -5.14. The van der Waals surface area contributed by atoms with Crippen LogP contribution in [-0.2, 0) is 43.2 Å². The predicted molar refractivity (Wildman–Crippen MR) is 282 cm³/mol. The number of ether oxygens (including phenoxy) is 2. The van der Waals surface area contributed by atoms with Gasteiger partial charge in [-0.2, -0.15) is 0 Å². The summed E-state index contributed by atoms with van der Waals surface area (Å²) in [5.41, 5.74) is 10.7. The Kier molecular flexibility index (Phi) is 15.6. The average molecular weight is 1010 g/mol. The minimum Gasteiger partial charge on any atom is -0.464 e. The number of hydrogen-bond donors (Lipinski definition) is 3. The molecule has 17 nitrogen and oxygen atoms in total. The number of piperidine rings is 1. The van der Waals surface area contributed by atoms with E-state index in [-0.39, 0.29) is 37.0 Å². The van der Waals surface area contributed by atoms with Gasteiger partial charge in [0.2, 0.25) is 5.91 Å². The number of fused-ring (bicyclic) bond motifs is 6. The summed E-state index contributed by atoms with van der Waals surface area (Å²) in [5.74, 6) is -1.49. The Bertz CT molecular complexity index is 2610. The quantitative estimate of drug-likeness (QED) is 0.145. The van der Waals surface area contributed by atoms with Crippen LogP contribution in [0.15, 0.2) is 35.8 Å². The van der Waals surface area contributed by atoms with Crippen LogP contribution in [-0.4, -0.2) is 162 Å². The maximum Gasteiger partial charge on any atom is 0.324 e. The topological polar surface area (TPSA) is 170 Å². The summed E-state index contributed by atoms with van der Waals surface area (Å²) in [6.45, 7) is 18.7. The number of likely N-dealkylation sites (tertiary alicyclic amines) is 1. The smallest absolute Gasteiger partial charge is 0.324 e. The maximum absolute atomic E-state index is 14.7. The molecule has 9 rings (SSSR count). The minimum absolute atomic E-state index is 0.111. The number of hydrogen-bond acceptors (Lipinski definition) is 13. The van der Waals surface area contributed by atoms with E-state index in [0.717, 1.165) is 95.4 Å². The lowest BCUT2D eigenvalue weighted by Crippen LogP contribution is -2.62. The highest BCUT2D eigenvalue weighted by atomic mass is 32.1. The lowest BCUT2D eigenvalue weighted by atomic mass is 9.84. The van der Waals surface area contributed by atoms with Gasteiger partial charge in [-0.05, 0) is 95.5 Å². The van der Waals surface area contributed by atoms with E-state index in [0.29, 0.717) is 56.5 Å². The minimum atomic E-state index is -1.04. The molecule has 72 heavy (non-hydrogen) atoms. The summed E-state index contributed by atoms with van der Waals surface area (Å²) in [6.07, 6.45) is 7.75. The number of aromatic nitrogens is 3. The van der Waals surface area contributed by atoms with E-state index in [9.17, 15) is 19.2 Å². The van der Waals surface area contributed by atoms with Crippen LogP contribution >= 0.6 is 11.3 Å². The number of rotatable bonds is 11. The maximum atomic E-state index is 14.7. The highest BCUT2D eigenvalue weighted by Crippen LogP contribution is 2.43. The average Bonchev–Trinajstić information content (AvgIpc) is 4.07. The van der Waals surface area contributed by atoms with Gasteiger partial charge in [0.15, 0.2) is 0 Å². The first-order valence-electron chi connectivity index (χ1n) is 26.4. The number of esters is 1. The summed E-state index contributed by atoms with van der Waals surface area (Å²) in [5, 5.41) is 11.6. The van der Waals surface area contributed by atoms with Gasteiger partial charge in [0.25, 0.3) is 5.91 Å². The SMILES string of the molecule is CCn1c(-c2cc(N3CCN(C4CC4)CC3)cnc2[C@H](C)OC)c2c3cc(ccc31)-c1csc(n1)C[C@H](NC(=O)[C@H](C(C)C)N(C)C(=O)N1CCC(NC)CC1)C(=O)N1CCC[C@H](N1)C(=O)OCC(C)(C)C2. The summed E-state index contributed by atoms with van der Waals surface area (Å²) >= 11 is 1.44. The monoisotopic (exact) mass is 1010 g/mol. The number of urea groups is 1. The first-order chi connectivity index (χ1) is 34.6. The van der Waals surface area contributed by atoms with Gasteiger partial charge in [-0.15, -0.1) is 11.3 Å². The van der Waals surface area contributed by atoms with Crippen molar-refractivity contribution >= 4 is 51.7 Å². The molecule has 1 aliphatic carbocycles. The van der Waals surface area contributed by atoms with Crippen molar-refractivity contribution in [2.45, 2.75) is 136 Å². The molecule has 1 saturated carbocycles. The molecule has 0 spiro atoms. The van der Waals surface area contributed by atoms with E-state index < -0.39 is 35.4 Å². The molecule has 4 atom stereocenters. The van der Waals surface area contributed by atoms with Crippen molar-refractivity contribution in [1.82, 2.24) is 50.3 Å². The predicted octanol–water partition coefficient (Wildman–Crippen LogP) is 6.25. The molecule has 0 unspecified atom stereocenters. The molecule has 390 valence electrons. The van der Waals surface area contributed by atoms with Gasteiger partial charge in [0, 0.05) is 118 Å². The van der Waals surface area contributed by atoms with Gasteiger partial charge in [0.1, 0.15) is 18.1 Å². The number of thiazole rings is 1. The molecule has 1 aromatic carbocycles. The number of anilines is 1. The largest absolute Gasteiger partial charge is 0.464 e. The van der Waals surface area contributed by atoms with Crippen molar-refractivity contribution in [3.05, 3.63) is 52.1 Å². The molecule has 4 fully saturated rings. The number of likely N-dealkylation sites (N-methyl/N-ethyl adjacent to an activating group) is 1. The fourth-order valence-corrected chi connectivity index (χ4v) is 12.3. The van der Waals surface area contributed by atoms with Gasteiger partial charge >= 0.3 is 12.0 Å². The lowest BCUT2D eigenvalue weighted by molar-refractivity contribution is -0.155. The highest BCUT2D eigenvalue weighted by molar-refractivity contribution is 7.10. The van der Waals surface area contributed by atoms with Crippen LogP contribution in [0.3, 0.4) is 0 Å². The van der Waals surface area contributed by atoms with Crippen molar-refractivity contribution in [3.63, 3.8) is 0 Å². The molecule has 18 heteroatoms. The van der Waals surface area contributed by atoms with E-state index in [1.54, 1.807) is 19.1 Å². The molecule has 0 radical (unpaired) electrons. The number of cyclic esters (lactones) is 1. The molecule has 3 saturated heterocycles. The number of pyridine rings is 1. The van der Waals surface area contributed by atoms with Gasteiger partial charge < -0.3 is 39.4 Å². The first kappa shape index (κ1) is 51.7. The lowest BCUT2D eigenvalue weighted by Gasteiger charge is -2.39. The number of methoxy groups -OCH3 is 1. The number of aryl methyl sites for hydroxylation is 1. The fourth-order valence-electron chi connectivity index (χ4n) is 11.4. The Morgan fingerprint density at radius 3 is 2.44 bits per heavy atom. The highest BCUT2D eigenvalue weighted by Gasteiger charge is 2.40. The Morgan fingerprint density at radius 2 is 1.76 bits per heavy atom. The van der Waals surface area contributed by atoms with Crippen molar-refractivity contribution in [2.24, 2.45) is 11.3 Å². The zero-order valence-electron chi connectivity index (χ0n) is 44.0. The number of hydrazine groups is 1. The van der Waals surface area contributed by atoms with Crippen molar-refractivity contribution in [3.8, 4) is 22.5 Å². The third-order valence-corrected chi connectivity index (χ3v) is 16.6. The molecule has 7 heterocycles. The van der Waals surface area contributed by atoms with Gasteiger partial charge in [-0.3, -0.25) is 29.3 Å². The van der Waals surface area contributed by atoms with E-state index in [2.05, 4.69) is 82.4 Å². The van der Waals surface area contributed by atoms with Crippen LogP contribution in [0.1, 0.15) is 102 Å². The molecular formula is C54H77N11O6S. The number of carbonyl (C=O) groups excluding carboxylic acids is 4. The second-order valence-electron chi connectivity index (χ2n) is 21.8. The Balaban J connectivity index is 1.09. The van der Waals surface area contributed by atoms with E-state index >= 15 is 0 Å². The zero-order chi connectivity index (χ0) is 51.0. The second kappa shape index (κ2) is 21.8. The molecular weight excluding hydrogens is 931 g/mol. The van der Waals surface area contributed by atoms with E-state index in [4.69, 9.17) is 19.4 Å². The third-order valence-electron chi connectivity index (χ3n) is 15.8. The Labute approximate surface area is 429 Å². The second-order valence-corrected chi connectivity index (χ2v) is 22.8. The van der Waals surface area contributed by atoms with Crippen LogP contribution in [0.4, 0.5) is 10.5 Å². The Morgan fingerprint density at radius 1 is 1.01 bits per heavy atom. The molecule has 3 aromatic heterocycles. The zero-order valence-corrected chi connectivity index (χ0v) is 44.8. The summed E-state index contributed by atoms with van der Waals surface area (Å²) < 4.78 is 14.6. The fraction of sp³-hybridized carbons (Fsp3) is 0.630. The molecule has 4 aliphatic heterocycles. The van der Waals surface area contributed by atoms with Crippen molar-refractivity contribution in [2.75, 3.05) is 78.5 Å². The van der Waals surface area contributed by atoms with Crippen LogP contribution < -0.4 is 21.0 Å². The molecule has 4 aromatic rings. The van der Waals surface area contributed by atoms with E-state index in [1.807, 2.05) is 32.5 Å². The van der Waals surface area contributed by atoms with Gasteiger partial charge in [0.05, 0.1) is 46.7 Å². The van der Waals surface area contributed by atoms with Gasteiger partial charge in [-0.25, -0.2) is 15.2 Å². The third kappa shape index (κ3) is 10.9. The molecule has 3 N–H and O–H groups in total. The van der Waals surface area contributed by atoms with Crippen LogP contribution in [0.2, 0.25) is 0 Å². The summed E-state index contributed by atoms with van der Waals surface area (Å²) in [7, 11) is 5.34. The van der Waals surface area contributed by atoms with Crippen LogP contribution in [0.25, 0.3) is 33.4 Å². The number of piperazine rings is 1. The number of benzene rings is 1. The summed E-state index contributed by atoms with van der Waals surface area (Å²) in [6, 6.07) is 7.06. The van der Waals surface area contributed by atoms with Crippen molar-refractivity contribution < 1.29 is 28.7 Å². The summed E-state index contributed by atoms with van der Waals surface area (Å²) in [4.78, 5) is 76.1.